The molecule has 1 aromatic carbocycles. The normalized spacial score (nSPS) is 24.1. The maximum atomic E-state index is 12.6. The minimum Gasteiger partial charge on any atom is -0.465 e. The van der Waals surface area contributed by atoms with Crippen LogP contribution >= 0.6 is 0 Å². The van der Waals surface area contributed by atoms with E-state index in [9.17, 15) is 24.9 Å². The SMILES string of the molecule is COC(=O)c1ccc(CON=c2ccn([C@@H]3O[C@H](CO)[C@@H](O)[C@H]3O)c(=O)n2C)cc1. The van der Waals surface area contributed by atoms with Gasteiger partial charge in [-0.15, -0.1) is 0 Å². The molecule has 2 aromatic rings. The van der Waals surface area contributed by atoms with Crippen molar-refractivity contribution in [3.05, 3.63) is 63.6 Å². The second-order valence-corrected chi connectivity index (χ2v) is 6.70. The summed E-state index contributed by atoms with van der Waals surface area (Å²) >= 11 is 0. The molecule has 4 atom stereocenters. The summed E-state index contributed by atoms with van der Waals surface area (Å²) in [7, 11) is 2.77. The summed E-state index contributed by atoms with van der Waals surface area (Å²) in [5, 5.41) is 33.1. The Balaban J connectivity index is 1.73. The van der Waals surface area contributed by atoms with E-state index in [0.29, 0.717) is 5.56 Å². The number of benzene rings is 1. The molecule has 30 heavy (non-hydrogen) atoms. The lowest BCUT2D eigenvalue weighted by Crippen LogP contribution is -2.42. The summed E-state index contributed by atoms with van der Waals surface area (Å²) in [6.45, 7) is -0.378. The lowest BCUT2D eigenvalue weighted by molar-refractivity contribution is -0.0555. The van der Waals surface area contributed by atoms with Gasteiger partial charge in [-0.25, -0.2) is 9.59 Å². The predicted molar refractivity (Wildman–Crippen MR) is 101 cm³/mol. The van der Waals surface area contributed by atoms with Crippen LogP contribution in [0.15, 0.2) is 46.5 Å². The summed E-state index contributed by atoms with van der Waals surface area (Å²) in [5.41, 5.74) is 0.832. The number of rotatable bonds is 6. The number of carbonyl (C=O) groups excluding carboxylic acids is 1. The number of aromatic nitrogens is 2. The first kappa shape index (κ1) is 21.7. The van der Waals surface area contributed by atoms with Gasteiger partial charge < -0.3 is 29.6 Å². The summed E-state index contributed by atoms with van der Waals surface area (Å²) in [6.07, 6.45) is -3.45. The van der Waals surface area contributed by atoms with Gasteiger partial charge in [0.05, 0.1) is 19.3 Å². The van der Waals surface area contributed by atoms with Crippen LogP contribution in [0.2, 0.25) is 0 Å². The maximum Gasteiger partial charge on any atom is 0.337 e. The molecule has 1 saturated heterocycles. The largest absolute Gasteiger partial charge is 0.465 e. The van der Waals surface area contributed by atoms with Gasteiger partial charge in [0, 0.05) is 19.3 Å². The number of ether oxygens (including phenoxy) is 2. The molecule has 11 nitrogen and oxygen atoms in total. The molecule has 0 bridgehead atoms. The average Bonchev–Trinajstić information content (AvgIpc) is 3.05. The number of methoxy groups -OCH3 is 1. The number of aliphatic hydroxyl groups is 3. The fraction of sp³-hybridized carbons (Fsp3) is 0.421. The quantitative estimate of drug-likeness (QED) is 0.382. The summed E-state index contributed by atoms with van der Waals surface area (Å²) in [6, 6.07) is 8.08. The van der Waals surface area contributed by atoms with Crippen molar-refractivity contribution < 1.29 is 34.4 Å². The van der Waals surface area contributed by atoms with Gasteiger partial charge in [0.2, 0.25) is 0 Å². The first-order valence-electron chi connectivity index (χ1n) is 9.11. The van der Waals surface area contributed by atoms with Crippen molar-refractivity contribution in [2.45, 2.75) is 31.1 Å². The van der Waals surface area contributed by atoms with Crippen LogP contribution in [0, 0.1) is 0 Å². The molecule has 1 aromatic heterocycles. The highest BCUT2D eigenvalue weighted by molar-refractivity contribution is 5.89. The van der Waals surface area contributed by atoms with Crippen LogP contribution in [0.5, 0.6) is 0 Å². The molecule has 11 heteroatoms. The van der Waals surface area contributed by atoms with Crippen molar-refractivity contribution in [2.24, 2.45) is 12.2 Å². The van der Waals surface area contributed by atoms with Crippen LogP contribution in [-0.4, -0.2) is 62.5 Å². The topological polar surface area (TPSA) is 145 Å². The molecular weight excluding hydrogens is 398 g/mol. The van der Waals surface area contributed by atoms with Gasteiger partial charge in [0.15, 0.2) is 11.7 Å². The number of aliphatic hydroxyl groups excluding tert-OH is 3. The number of esters is 1. The Bertz CT molecular complexity index is 1010. The second kappa shape index (κ2) is 9.22. The van der Waals surface area contributed by atoms with Gasteiger partial charge in [-0.3, -0.25) is 9.13 Å². The Morgan fingerprint density at radius 3 is 2.50 bits per heavy atom. The van der Waals surface area contributed by atoms with Gasteiger partial charge in [-0.2, -0.15) is 0 Å². The van der Waals surface area contributed by atoms with Gasteiger partial charge in [-0.05, 0) is 17.7 Å². The van der Waals surface area contributed by atoms with Crippen molar-refractivity contribution in [1.29, 1.82) is 0 Å². The standard InChI is InChI=1S/C19H23N3O8/c1-21-14(20-29-10-11-3-5-12(6-4-11)18(26)28-2)7-8-22(19(21)27)17-16(25)15(24)13(9-23)30-17/h3-8,13,15-17,23-25H,9-10H2,1-2H3/t13-,15-,16-,17-/m1/s1. The van der Waals surface area contributed by atoms with E-state index in [1.165, 1.54) is 31.0 Å². The maximum absolute atomic E-state index is 12.6. The highest BCUT2D eigenvalue weighted by Gasteiger charge is 2.43. The Kier molecular flexibility index (Phi) is 6.67. The highest BCUT2D eigenvalue weighted by atomic mass is 16.6. The summed E-state index contributed by atoms with van der Waals surface area (Å²) in [4.78, 5) is 29.3. The summed E-state index contributed by atoms with van der Waals surface area (Å²) in [5.74, 6) is -0.436. The first-order chi connectivity index (χ1) is 14.4. The smallest absolute Gasteiger partial charge is 0.337 e. The van der Waals surface area contributed by atoms with E-state index in [1.54, 1.807) is 24.3 Å². The molecule has 0 radical (unpaired) electrons. The molecule has 0 unspecified atom stereocenters. The highest BCUT2D eigenvalue weighted by Crippen LogP contribution is 2.27. The molecule has 0 aliphatic carbocycles. The third kappa shape index (κ3) is 4.28. The van der Waals surface area contributed by atoms with Gasteiger partial charge in [-0.1, -0.05) is 17.3 Å². The van der Waals surface area contributed by atoms with E-state index in [2.05, 4.69) is 9.89 Å². The predicted octanol–water partition coefficient (Wildman–Crippen LogP) is -1.38. The van der Waals surface area contributed by atoms with Crippen LogP contribution < -0.4 is 11.2 Å². The van der Waals surface area contributed by atoms with Crippen molar-refractivity contribution in [1.82, 2.24) is 9.13 Å². The van der Waals surface area contributed by atoms with Crippen molar-refractivity contribution in [3.8, 4) is 0 Å². The van der Waals surface area contributed by atoms with Crippen molar-refractivity contribution in [2.75, 3.05) is 13.7 Å². The molecule has 2 heterocycles. The van der Waals surface area contributed by atoms with Gasteiger partial charge in [0.25, 0.3) is 0 Å². The fourth-order valence-corrected chi connectivity index (χ4v) is 3.02. The molecule has 1 fully saturated rings. The number of hydrogen-bond donors (Lipinski definition) is 3. The Hall–Kier alpha value is -2.99. The van der Waals surface area contributed by atoms with E-state index in [1.807, 2.05) is 0 Å². The lowest BCUT2D eigenvalue weighted by atomic mass is 10.1. The van der Waals surface area contributed by atoms with Crippen LogP contribution in [0.3, 0.4) is 0 Å². The molecule has 3 rings (SSSR count). The molecule has 0 saturated carbocycles. The number of hydrogen-bond acceptors (Lipinski definition) is 9. The van der Waals surface area contributed by atoms with E-state index in [-0.39, 0.29) is 12.1 Å². The zero-order valence-corrected chi connectivity index (χ0v) is 16.4. The molecule has 1 aliphatic rings. The Morgan fingerprint density at radius 1 is 1.20 bits per heavy atom. The zero-order valence-electron chi connectivity index (χ0n) is 16.4. The van der Waals surface area contributed by atoms with E-state index >= 15 is 0 Å². The van der Waals surface area contributed by atoms with E-state index in [0.717, 1.165) is 10.1 Å². The Labute approximate surface area is 171 Å². The minimum absolute atomic E-state index is 0.110. The molecule has 162 valence electrons. The lowest BCUT2D eigenvalue weighted by Gasteiger charge is -2.18. The molecule has 0 spiro atoms. The second-order valence-electron chi connectivity index (χ2n) is 6.70. The first-order valence-corrected chi connectivity index (χ1v) is 9.11. The van der Waals surface area contributed by atoms with Gasteiger partial charge in [0.1, 0.15) is 24.9 Å². The zero-order chi connectivity index (χ0) is 21.8. The van der Waals surface area contributed by atoms with Crippen LogP contribution in [-0.2, 0) is 28.0 Å². The molecule has 0 amide bonds. The van der Waals surface area contributed by atoms with Crippen LogP contribution in [0.25, 0.3) is 0 Å². The number of nitrogens with zero attached hydrogens (tertiary/aromatic N) is 3. The van der Waals surface area contributed by atoms with Crippen molar-refractivity contribution >= 4 is 5.97 Å². The minimum atomic E-state index is -1.37. The molecular formula is C19H23N3O8. The average molecular weight is 421 g/mol. The monoisotopic (exact) mass is 421 g/mol. The molecule has 1 aliphatic heterocycles. The third-order valence-corrected chi connectivity index (χ3v) is 4.79. The Morgan fingerprint density at radius 2 is 1.90 bits per heavy atom. The van der Waals surface area contributed by atoms with Crippen molar-refractivity contribution in [3.63, 3.8) is 0 Å². The van der Waals surface area contributed by atoms with Gasteiger partial charge >= 0.3 is 11.7 Å². The van der Waals surface area contributed by atoms with Crippen LogP contribution in [0.4, 0.5) is 0 Å². The van der Waals surface area contributed by atoms with Crippen LogP contribution in [0.1, 0.15) is 22.1 Å². The number of carbonyl (C=O) groups is 1. The molecule has 3 N–H and O–H groups in total. The summed E-state index contributed by atoms with van der Waals surface area (Å²) < 4.78 is 12.3. The van der Waals surface area contributed by atoms with E-state index < -0.39 is 42.8 Å². The fourth-order valence-electron chi connectivity index (χ4n) is 3.02. The van der Waals surface area contributed by atoms with E-state index in [4.69, 9.17) is 9.57 Å². The third-order valence-electron chi connectivity index (χ3n) is 4.79.